The molecule has 2 saturated heterocycles. The van der Waals surface area contributed by atoms with Crippen LogP contribution in [-0.2, 0) is 23.9 Å². The van der Waals surface area contributed by atoms with Crippen LogP contribution in [0.15, 0.2) is 48.5 Å². The largest absolute Gasteiger partial charge is 0.466 e. The number of hydrogen-bond donors (Lipinski definition) is 0. The maximum Gasteiger partial charge on any atom is 0.338 e. The number of anilines is 1. The first-order valence-corrected chi connectivity index (χ1v) is 12.5. The lowest BCUT2D eigenvalue weighted by Crippen LogP contribution is -2.48. The van der Waals surface area contributed by atoms with Crippen molar-refractivity contribution in [3.8, 4) is 0 Å². The van der Waals surface area contributed by atoms with Crippen LogP contribution in [0.25, 0.3) is 0 Å². The number of carbonyl (C=O) groups is 5. The highest BCUT2D eigenvalue weighted by molar-refractivity contribution is 6.30. The molecule has 0 saturated carbocycles. The molecular weight excluding hydrogens is 500 g/mol. The Kier molecular flexibility index (Phi) is 8.35. The highest BCUT2D eigenvalue weighted by Gasteiger charge is 2.44. The van der Waals surface area contributed by atoms with Gasteiger partial charge in [0, 0.05) is 17.1 Å². The number of nitrogens with zero attached hydrogens (tertiary/aromatic N) is 2. The summed E-state index contributed by atoms with van der Waals surface area (Å²) in [4.78, 5) is 65.7. The predicted octanol–water partition coefficient (Wildman–Crippen LogP) is 3.29. The number of esters is 2. The number of halogens is 1. The van der Waals surface area contributed by atoms with E-state index in [9.17, 15) is 24.0 Å². The van der Waals surface area contributed by atoms with Crippen LogP contribution in [0.3, 0.4) is 0 Å². The number of amides is 2. The van der Waals surface area contributed by atoms with E-state index in [4.69, 9.17) is 21.1 Å². The van der Waals surface area contributed by atoms with Crippen LogP contribution in [0.1, 0.15) is 46.9 Å². The van der Waals surface area contributed by atoms with Gasteiger partial charge in [-0.05, 0) is 74.8 Å². The first kappa shape index (κ1) is 26.5. The van der Waals surface area contributed by atoms with E-state index in [-0.39, 0.29) is 41.5 Å². The molecule has 0 N–H and O–H groups in total. The van der Waals surface area contributed by atoms with Gasteiger partial charge in [-0.3, -0.25) is 24.1 Å². The van der Waals surface area contributed by atoms with Gasteiger partial charge in [0.05, 0.1) is 36.2 Å². The molecule has 0 radical (unpaired) electrons. The van der Waals surface area contributed by atoms with Crippen LogP contribution >= 0.6 is 11.6 Å². The molecule has 0 aromatic heterocycles. The first-order chi connectivity index (χ1) is 17.8. The fourth-order valence-electron chi connectivity index (χ4n) is 4.59. The van der Waals surface area contributed by atoms with E-state index in [1.54, 1.807) is 31.2 Å². The molecule has 2 amide bonds. The molecule has 2 atom stereocenters. The Morgan fingerprint density at radius 2 is 1.65 bits per heavy atom. The fourth-order valence-corrected chi connectivity index (χ4v) is 4.72. The van der Waals surface area contributed by atoms with E-state index in [1.165, 1.54) is 24.3 Å². The van der Waals surface area contributed by atoms with Gasteiger partial charge < -0.3 is 9.47 Å². The fraction of sp³-hybridized carbons (Fsp3) is 0.370. The SMILES string of the molecule is CCOC(=O)C1CCCN(C2CC(=O)N(c3ccc(C(=O)OCC(=O)c4ccc(Cl)cc4)cc3)C2=O)C1. The third-order valence-electron chi connectivity index (χ3n) is 6.50. The summed E-state index contributed by atoms with van der Waals surface area (Å²) in [5.41, 5.74) is 0.886. The van der Waals surface area contributed by atoms with E-state index in [1.807, 2.05) is 4.90 Å². The minimum atomic E-state index is -0.705. The average Bonchev–Trinajstić information content (AvgIpc) is 3.21. The normalized spacial score (nSPS) is 20.1. The van der Waals surface area contributed by atoms with Gasteiger partial charge in [0.1, 0.15) is 0 Å². The number of imide groups is 1. The molecule has 2 unspecified atom stereocenters. The van der Waals surface area contributed by atoms with Crippen molar-refractivity contribution in [2.45, 2.75) is 32.2 Å². The molecule has 4 rings (SSSR count). The number of ketones is 1. The highest BCUT2D eigenvalue weighted by Crippen LogP contribution is 2.29. The van der Waals surface area contributed by atoms with Gasteiger partial charge in [-0.2, -0.15) is 0 Å². The highest BCUT2D eigenvalue weighted by atomic mass is 35.5. The third-order valence-corrected chi connectivity index (χ3v) is 6.75. The first-order valence-electron chi connectivity index (χ1n) is 12.1. The van der Waals surface area contributed by atoms with E-state index >= 15 is 0 Å². The summed E-state index contributed by atoms with van der Waals surface area (Å²) in [6, 6.07) is 11.5. The lowest BCUT2D eigenvalue weighted by Gasteiger charge is -2.34. The van der Waals surface area contributed by atoms with Crippen LogP contribution in [0, 0.1) is 5.92 Å². The number of likely N-dealkylation sites (tertiary alicyclic amines) is 1. The van der Waals surface area contributed by atoms with Crippen molar-refractivity contribution >= 4 is 46.8 Å². The molecular formula is C27H27ClN2O7. The van der Waals surface area contributed by atoms with Gasteiger partial charge in [-0.15, -0.1) is 0 Å². The molecule has 10 heteroatoms. The van der Waals surface area contributed by atoms with Gasteiger partial charge in [0.25, 0.3) is 5.91 Å². The van der Waals surface area contributed by atoms with Crippen molar-refractivity contribution in [3.63, 3.8) is 0 Å². The molecule has 2 aliphatic heterocycles. The summed E-state index contributed by atoms with van der Waals surface area (Å²) in [5, 5.41) is 0.492. The molecule has 194 valence electrons. The van der Waals surface area contributed by atoms with Gasteiger partial charge in [0.15, 0.2) is 12.4 Å². The summed E-state index contributed by atoms with van der Waals surface area (Å²) in [5.74, 6) is -2.38. The average molecular weight is 527 g/mol. The smallest absolute Gasteiger partial charge is 0.338 e. The van der Waals surface area contributed by atoms with Crippen LogP contribution in [0.4, 0.5) is 5.69 Å². The van der Waals surface area contributed by atoms with Crippen LogP contribution in [0.2, 0.25) is 5.02 Å². The summed E-state index contributed by atoms with van der Waals surface area (Å²) in [6.45, 7) is 2.60. The number of ether oxygens (including phenoxy) is 2. The zero-order chi connectivity index (χ0) is 26.5. The van der Waals surface area contributed by atoms with Crippen molar-refractivity contribution in [3.05, 3.63) is 64.7 Å². The molecule has 9 nitrogen and oxygen atoms in total. The summed E-state index contributed by atoms with van der Waals surface area (Å²) in [6.07, 6.45) is 1.44. The van der Waals surface area contributed by atoms with Gasteiger partial charge in [-0.25, -0.2) is 9.69 Å². The van der Waals surface area contributed by atoms with E-state index < -0.39 is 18.6 Å². The molecule has 0 aliphatic carbocycles. The second-order valence-electron chi connectivity index (χ2n) is 8.93. The lowest BCUT2D eigenvalue weighted by atomic mass is 9.96. The molecule has 37 heavy (non-hydrogen) atoms. The van der Waals surface area contributed by atoms with Gasteiger partial charge in [-0.1, -0.05) is 11.6 Å². The second-order valence-corrected chi connectivity index (χ2v) is 9.36. The Bertz CT molecular complexity index is 1200. The lowest BCUT2D eigenvalue weighted by molar-refractivity contribution is -0.150. The van der Waals surface area contributed by atoms with Crippen LogP contribution in [-0.4, -0.2) is 66.8 Å². The summed E-state index contributed by atoms with van der Waals surface area (Å²) < 4.78 is 10.2. The molecule has 2 fully saturated rings. The zero-order valence-electron chi connectivity index (χ0n) is 20.4. The van der Waals surface area contributed by atoms with E-state index in [2.05, 4.69) is 0 Å². The van der Waals surface area contributed by atoms with Crippen molar-refractivity contribution in [2.24, 2.45) is 5.92 Å². The van der Waals surface area contributed by atoms with Gasteiger partial charge >= 0.3 is 11.9 Å². The number of Topliss-reactive ketones (excluding diaryl/α,β-unsaturated/α-hetero) is 1. The maximum atomic E-state index is 13.2. The summed E-state index contributed by atoms with van der Waals surface area (Å²) >= 11 is 5.82. The number of hydrogen-bond acceptors (Lipinski definition) is 8. The number of benzene rings is 2. The van der Waals surface area contributed by atoms with Crippen molar-refractivity contribution in [1.29, 1.82) is 0 Å². The Labute approximate surface area is 219 Å². The monoisotopic (exact) mass is 526 g/mol. The van der Waals surface area contributed by atoms with Gasteiger partial charge in [0.2, 0.25) is 5.91 Å². The minimum Gasteiger partial charge on any atom is -0.466 e. The van der Waals surface area contributed by atoms with Crippen molar-refractivity contribution in [1.82, 2.24) is 4.90 Å². The Balaban J connectivity index is 1.36. The number of carbonyl (C=O) groups excluding carboxylic acids is 5. The van der Waals surface area contributed by atoms with Crippen LogP contribution < -0.4 is 4.90 Å². The Morgan fingerprint density at radius 3 is 2.32 bits per heavy atom. The number of rotatable bonds is 8. The molecule has 0 spiro atoms. The molecule has 2 aliphatic rings. The van der Waals surface area contributed by atoms with Crippen LogP contribution in [0.5, 0.6) is 0 Å². The summed E-state index contributed by atoms with van der Waals surface area (Å²) in [7, 11) is 0. The topological polar surface area (TPSA) is 110 Å². The second kappa shape index (κ2) is 11.7. The Morgan fingerprint density at radius 1 is 0.973 bits per heavy atom. The predicted molar refractivity (Wildman–Crippen MR) is 134 cm³/mol. The standard InChI is InChI=1S/C27H27ClN2O7/c1-2-36-27(35)19-4-3-13-29(15-19)22-14-24(32)30(25(22)33)21-11-7-18(8-12-21)26(34)37-16-23(31)17-5-9-20(28)10-6-17/h5-12,19,22H,2-4,13-16H2,1H3. The van der Waals surface area contributed by atoms with E-state index in [0.717, 1.165) is 11.3 Å². The zero-order valence-corrected chi connectivity index (χ0v) is 21.1. The Hall–Kier alpha value is -3.56. The van der Waals surface area contributed by atoms with Crippen molar-refractivity contribution in [2.75, 3.05) is 31.2 Å². The molecule has 2 aromatic carbocycles. The molecule has 2 heterocycles. The molecule has 0 bridgehead atoms. The maximum absolute atomic E-state index is 13.2. The number of piperidine rings is 1. The molecule has 2 aromatic rings. The quantitative estimate of drug-likeness (QED) is 0.293. The minimum absolute atomic E-state index is 0.0188. The third kappa shape index (κ3) is 6.06. The van der Waals surface area contributed by atoms with E-state index in [0.29, 0.717) is 42.4 Å². The van der Waals surface area contributed by atoms with Crippen molar-refractivity contribution < 1.29 is 33.4 Å².